The quantitative estimate of drug-likeness (QED) is 0.571. The van der Waals surface area contributed by atoms with Gasteiger partial charge < -0.3 is 0 Å². The van der Waals surface area contributed by atoms with E-state index in [4.69, 9.17) is 0 Å². The van der Waals surface area contributed by atoms with Crippen LogP contribution in [0.15, 0.2) is 46.4 Å². The Morgan fingerprint density at radius 2 is 1.79 bits per heavy atom. The molecule has 1 aliphatic rings. The van der Waals surface area contributed by atoms with Crippen molar-refractivity contribution in [2.24, 2.45) is 5.10 Å². The van der Waals surface area contributed by atoms with Gasteiger partial charge in [0.25, 0.3) is 5.91 Å². The van der Waals surface area contributed by atoms with Crippen LogP contribution in [0.2, 0.25) is 0 Å². The van der Waals surface area contributed by atoms with Crippen molar-refractivity contribution in [1.82, 2.24) is 14.6 Å². The van der Waals surface area contributed by atoms with Crippen molar-refractivity contribution in [2.45, 2.75) is 18.7 Å². The molecule has 0 aliphatic carbocycles. The van der Waals surface area contributed by atoms with E-state index in [1.165, 1.54) is 9.18 Å². The van der Waals surface area contributed by atoms with E-state index in [1.807, 2.05) is 30.9 Å². The summed E-state index contributed by atoms with van der Waals surface area (Å²) < 4.78 is 26.9. The van der Waals surface area contributed by atoms with Gasteiger partial charge in [0.2, 0.25) is 10.0 Å². The lowest BCUT2D eigenvalue weighted by Gasteiger charge is -2.33. The van der Waals surface area contributed by atoms with Gasteiger partial charge in [0.05, 0.1) is 17.7 Å². The second kappa shape index (κ2) is 8.95. The Morgan fingerprint density at radius 3 is 2.39 bits per heavy atom. The minimum absolute atomic E-state index is 0.194. The van der Waals surface area contributed by atoms with Crippen LogP contribution >= 0.6 is 11.3 Å². The molecule has 2 heterocycles. The number of rotatable bonds is 6. The first kappa shape index (κ1) is 20.7. The van der Waals surface area contributed by atoms with Gasteiger partial charge >= 0.3 is 0 Å². The second-order valence-electron chi connectivity index (χ2n) is 6.73. The van der Waals surface area contributed by atoms with Gasteiger partial charge in [-0.3, -0.25) is 9.69 Å². The van der Waals surface area contributed by atoms with Crippen LogP contribution in [-0.2, 0) is 14.8 Å². The Morgan fingerprint density at radius 1 is 1.11 bits per heavy atom. The summed E-state index contributed by atoms with van der Waals surface area (Å²) in [5.74, 6) is -0.209. The fraction of sp³-hybridized carbons (Fsp3) is 0.368. The minimum atomic E-state index is -3.49. The van der Waals surface area contributed by atoms with Crippen LogP contribution < -0.4 is 5.43 Å². The fourth-order valence-corrected chi connectivity index (χ4v) is 5.09. The summed E-state index contributed by atoms with van der Waals surface area (Å²) >= 11 is 1.60. The van der Waals surface area contributed by atoms with E-state index >= 15 is 0 Å². The van der Waals surface area contributed by atoms with Gasteiger partial charge in [-0.1, -0.05) is 17.7 Å². The standard InChI is InChI=1S/C19H24N4O3S2/c1-15-3-7-18(8-4-15)28(25,26)23-11-9-22(10-12-23)14-19(24)21-20-13-17-6-5-16(2)27-17/h3-8,13H,9-12,14H2,1-2H3,(H,21,24)/b20-13+. The minimum Gasteiger partial charge on any atom is -0.292 e. The molecule has 1 N–H and O–H groups in total. The van der Waals surface area contributed by atoms with Crippen molar-refractivity contribution >= 4 is 33.5 Å². The highest BCUT2D eigenvalue weighted by molar-refractivity contribution is 7.89. The number of nitrogens with zero attached hydrogens (tertiary/aromatic N) is 3. The number of benzene rings is 1. The van der Waals surface area contributed by atoms with Crippen molar-refractivity contribution < 1.29 is 13.2 Å². The molecule has 2 aromatic rings. The zero-order chi connectivity index (χ0) is 20.1. The maximum absolute atomic E-state index is 12.7. The summed E-state index contributed by atoms with van der Waals surface area (Å²) in [6.45, 7) is 5.87. The van der Waals surface area contributed by atoms with E-state index in [-0.39, 0.29) is 12.5 Å². The Kier molecular flexibility index (Phi) is 6.61. The molecule has 0 unspecified atom stereocenters. The molecular weight excluding hydrogens is 396 g/mol. The number of hydrogen-bond acceptors (Lipinski definition) is 6. The predicted molar refractivity (Wildman–Crippen MR) is 111 cm³/mol. The number of carbonyl (C=O) groups is 1. The molecule has 28 heavy (non-hydrogen) atoms. The van der Waals surface area contributed by atoms with Crippen molar-refractivity contribution in [3.05, 3.63) is 51.7 Å². The summed E-state index contributed by atoms with van der Waals surface area (Å²) in [5, 5.41) is 3.97. The van der Waals surface area contributed by atoms with Gasteiger partial charge in [-0.15, -0.1) is 11.3 Å². The van der Waals surface area contributed by atoms with Crippen LogP contribution in [0.4, 0.5) is 0 Å². The predicted octanol–water partition coefficient (Wildman–Crippen LogP) is 1.82. The average molecular weight is 421 g/mol. The van der Waals surface area contributed by atoms with Crippen molar-refractivity contribution in [3.8, 4) is 0 Å². The van der Waals surface area contributed by atoms with Crippen LogP contribution in [-0.4, -0.2) is 62.5 Å². The average Bonchev–Trinajstić information content (AvgIpc) is 3.08. The van der Waals surface area contributed by atoms with Gasteiger partial charge in [0, 0.05) is 35.9 Å². The molecule has 0 atom stereocenters. The molecule has 1 aliphatic heterocycles. The Labute approximate surface area is 169 Å². The Balaban J connectivity index is 1.47. The van der Waals surface area contributed by atoms with Crippen LogP contribution in [0.25, 0.3) is 0 Å². The smallest absolute Gasteiger partial charge is 0.254 e. The molecule has 1 fully saturated rings. The van der Waals surface area contributed by atoms with E-state index in [0.717, 1.165) is 10.4 Å². The molecule has 0 saturated carbocycles. The molecule has 1 aromatic carbocycles. The second-order valence-corrected chi connectivity index (χ2v) is 9.99. The molecule has 0 spiro atoms. The Bertz CT molecular complexity index is 944. The van der Waals surface area contributed by atoms with Crippen LogP contribution in [0.1, 0.15) is 15.3 Å². The number of carbonyl (C=O) groups excluding carboxylic acids is 1. The highest BCUT2D eigenvalue weighted by atomic mass is 32.2. The van der Waals surface area contributed by atoms with E-state index < -0.39 is 10.0 Å². The van der Waals surface area contributed by atoms with Gasteiger partial charge in [-0.2, -0.15) is 9.41 Å². The molecule has 1 saturated heterocycles. The lowest BCUT2D eigenvalue weighted by molar-refractivity contribution is -0.122. The van der Waals surface area contributed by atoms with E-state index in [0.29, 0.717) is 31.1 Å². The number of amides is 1. The van der Waals surface area contributed by atoms with Gasteiger partial charge in [-0.25, -0.2) is 13.8 Å². The monoisotopic (exact) mass is 420 g/mol. The number of nitrogens with one attached hydrogen (secondary N) is 1. The zero-order valence-electron chi connectivity index (χ0n) is 16.0. The summed E-state index contributed by atoms with van der Waals surface area (Å²) in [5.41, 5.74) is 3.54. The van der Waals surface area contributed by atoms with Gasteiger partial charge in [0.15, 0.2) is 0 Å². The third kappa shape index (κ3) is 5.26. The lowest BCUT2D eigenvalue weighted by Crippen LogP contribution is -2.50. The molecular formula is C19H24N4O3S2. The topological polar surface area (TPSA) is 82.1 Å². The van der Waals surface area contributed by atoms with Crippen LogP contribution in [0, 0.1) is 13.8 Å². The largest absolute Gasteiger partial charge is 0.292 e. The summed E-state index contributed by atoms with van der Waals surface area (Å²) in [6.07, 6.45) is 1.63. The first-order valence-electron chi connectivity index (χ1n) is 9.02. The Hall–Kier alpha value is -2.07. The number of thiophene rings is 1. The van der Waals surface area contributed by atoms with Gasteiger partial charge in [0.1, 0.15) is 0 Å². The maximum atomic E-state index is 12.7. The highest BCUT2D eigenvalue weighted by Gasteiger charge is 2.28. The SMILES string of the molecule is Cc1ccc(S(=O)(=O)N2CCN(CC(=O)N/N=C/c3ccc(C)s3)CC2)cc1. The first-order chi connectivity index (χ1) is 13.3. The van der Waals surface area contributed by atoms with Crippen molar-refractivity contribution in [1.29, 1.82) is 0 Å². The third-order valence-electron chi connectivity index (χ3n) is 4.50. The molecule has 9 heteroatoms. The van der Waals surface area contributed by atoms with Gasteiger partial charge in [-0.05, 0) is 38.1 Å². The first-order valence-corrected chi connectivity index (χ1v) is 11.3. The molecule has 0 bridgehead atoms. The highest BCUT2D eigenvalue weighted by Crippen LogP contribution is 2.18. The lowest BCUT2D eigenvalue weighted by atomic mass is 10.2. The molecule has 7 nitrogen and oxygen atoms in total. The molecule has 150 valence electrons. The number of hydrazone groups is 1. The summed E-state index contributed by atoms with van der Waals surface area (Å²) in [7, 11) is -3.49. The number of hydrogen-bond donors (Lipinski definition) is 1. The number of sulfonamides is 1. The number of piperazine rings is 1. The molecule has 1 aromatic heterocycles. The molecule has 0 radical (unpaired) electrons. The van der Waals surface area contributed by atoms with Crippen molar-refractivity contribution in [3.63, 3.8) is 0 Å². The molecule has 1 amide bonds. The third-order valence-corrected chi connectivity index (χ3v) is 7.35. The van der Waals surface area contributed by atoms with Crippen LogP contribution in [0.3, 0.4) is 0 Å². The van der Waals surface area contributed by atoms with E-state index in [1.54, 1.807) is 41.8 Å². The number of aryl methyl sites for hydroxylation is 2. The van der Waals surface area contributed by atoms with Crippen LogP contribution in [0.5, 0.6) is 0 Å². The normalized spacial score (nSPS) is 16.5. The van der Waals surface area contributed by atoms with Crippen molar-refractivity contribution in [2.75, 3.05) is 32.7 Å². The molecule has 3 rings (SSSR count). The van der Waals surface area contributed by atoms with E-state index in [2.05, 4.69) is 10.5 Å². The van der Waals surface area contributed by atoms with E-state index in [9.17, 15) is 13.2 Å². The maximum Gasteiger partial charge on any atom is 0.254 e. The summed E-state index contributed by atoms with van der Waals surface area (Å²) in [6, 6.07) is 10.8. The summed E-state index contributed by atoms with van der Waals surface area (Å²) in [4.78, 5) is 16.4. The zero-order valence-corrected chi connectivity index (χ0v) is 17.6. The fourth-order valence-electron chi connectivity index (χ4n) is 2.92.